The predicted molar refractivity (Wildman–Crippen MR) is 43.0 cm³/mol. The molecular weight excluding hydrogens is 146 g/mol. The van der Waals surface area contributed by atoms with Crippen molar-refractivity contribution in [3.63, 3.8) is 0 Å². The van der Waals surface area contributed by atoms with Crippen LogP contribution in [0.4, 0.5) is 5.82 Å². The molecule has 1 aromatic rings. The van der Waals surface area contributed by atoms with Gasteiger partial charge in [-0.3, -0.25) is 0 Å². The topological polar surface area (TPSA) is 51.8 Å². The number of hydrogen-bond donors (Lipinski definition) is 1. The van der Waals surface area contributed by atoms with Gasteiger partial charge in [0.2, 0.25) is 0 Å². The van der Waals surface area contributed by atoms with Gasteiger partial charge in [-0.1, -0.05) is 25.3 Å². The summed E-state index contributed by atoms with van der Waals surface area (Å²) < 4.78 is 3.75. The smallest absolute Gasteiger partial charge is 0.162 e. The van der Waals surface area contributed by atoms with Crippen molar-refractivity contribution >= 4 is 17.4 Å². The van der Waals surface area contributed by atoms with Crippen molar-refractivity contribution in [2.75, 3.05) is 5.73 Å². The first-order valence-electron chi connectivity index (χ1n) is 3.10. The first kappa shape index (κ1) is 7.47. The number of nitrogens with zero attached hydrogens (tertiary/aromatic N) is 2. The molecule has 0 bridgehead atoms. The van der Waals surface area contributed by atoms with Gasteiger partial charge in [-0.15, -0.1) is 5.10 Å². The Kier molecular flexibility index (Phi) is 1.64. The van der Waals surface area contributed by atoms with Crippen molar-refractivity contribution in [1.82, 2.24) is 9.59 Å². The lowest BCUT2D eigenvalue weighted by atomic mass is 9.95. The summed E-state index contributed by atoms with van der Waals surface area (Å²) >= 11 is 1.37. The van der Waals surface area contributed by atoms with Gasteiger partial charge in [-0.2, -0.15) is 0 Å². The second kappa shape index (κ2) is 2.20. The molecule has 0 aliphatic rings. The molecule has 0 amide bonds. The summed E-state index contributed by atoms with van der Waals surface area (Å²) in [6.45, 7) is 6.29. The van der Waals surface area contributed by atoms with E-state index in [2.05, 4.69) is 30.4 Å². The minimum absolute atomic E-state index is 0.0816. The van der Waals surface area contributed by atoms with E-state index >= 15 is 0 Å². The Morgan fingerprint density at radius 2 is 2.00 bits per heavy atom. The maximum absolute atomic E-state index is 5.56. The highest BCUT2D eigenvalue weighted by atomic mass is 32.1. The summed E-state index contributed by atoms with van der Waals surface area (Å²) in [5.74, 6) is 0.567. The van der Waals surface area contributed by atoms with Crippen molar-refractivity contribution in [1.29, 1.82) is 0 Å². The molecule has 4 heteroatoms. The number of nitrogens with two attached hydrogens (primary N) is 1. The second-order valence-electron chi connectivity index (χ2n) is 3.24. The third kappa shape index (κ3) is 1.26. The van der Waals surface area contributed by atoms with Crippen LogP contribution in [-0.2, 0) is 5.41 Å². The van der Waals surface area contributed by atoms with Crippen molar-refractivity contribution < 1.29 is 0 Å². The van der Waals surface area contributed by atoms with Gasteiger partial charge in [-0.05, 0) is 11.5 Å². The number of rotatable bonds is 0. The molecule has 10 heavy (non-hydrogen) atoms. The minimum Gasteiger partial charge on any atom is -0.381 e. The molecule has 0 aromatic carbocycles. The Morgan fingerprint density at radius 3 is 2.20 bits per heavy atom. The number of hydrogen-bond acceptors (Lipinski definition) is 4. The van der Waals surface area contributed by atoms with E-state index in [9.17, 15) is 0 Å². The van der Waals surface area contributed by atoms with E-state index in [1.165, 1.54) is 11.5 Å². The van der Waals surface area contributed by atoms with Gasteiger partial charge in [0.1, 0.15) is 0 Å². The maximum Gasteiger partial charge on any atom is 0.162 e. The van der Waals surface area contributed by atoms with Crippen LogP contribution in [0.15, 0.2) is 0 Å². The van der Waals surface area contributed by atoms with Crippen molar-refractivity contribution in [2.45, 2.75) is 26.2 Å². The highest BCUT2D eigenvalue weighted by molar-refractivity contribution is 7.06. The van der Waals surface area contributed by atoms with Gasteiger partial charge in [0, 0.05) is 5.41 Å². The molecule has 2 N–H and O–H groups in total. The van der Waals surface area contributed by atoms with E-state index in [1.807, 2.05) is 0 Å². The second-order valence-corrected chi connectivity index (χ2v) is 3.99. The SMILES string of the molecule is CC(C)(C)c1snnc1N. The lowest BCUT2D eigenvalue weighted by molar-refractivity contribution is 0.605. The normalized spacial score (nSPS) is 11.9. The zero-order chi connectivity index (χ0) is 7.78. The highest BCUT2D eigenvalue weighted by Crippen LogP contribution is 2.28. The molecule has 0 saturated heterocycles. The molecule has 3 nitrogen and oxygen atoms in total. The molecule has 0 radical (unpaired) electrons. The van der Waals surface area contributed by atoms with Gasteiger partial charge in [0.25, 0.3) is 0 Å². The number of nitrogen functional groups attached to an aromatic ring is 1. The minimum atomic E-state index is 0.0816. The summed E-state index contributed by atoms with van der Waals surface area (Å²) in [5, 5.41) is 3.73. The van der Waals surface area contributed by atoms with Crippen LogP contribution < -0.4 is 5.73 Å². The Morgan fingerprint density at radius 1 is 1.40 bits per heavy atom. The quantitative estimate of drug-likeness (QED) is 0.619. The van der Waals surface area contributed by atoms with E-state index in [4.69, 9.17) is 5.73 Å². The van der Waals surface area contributed by atoms with E-state index in [0.29, 0.717) is 5.82 Å². The van der Waals surface area contributed by atoms with Crippen LogP contribution in [0.2, 0.25) is 0 Å². The van der Waals surface area contributed by atoms with Gasteiger partial charge in [-0.25, -0.2) is 0 Å². The molecular formula is C6H11N3S. The van der Waals surface area contributed by atoms with Crippen LogP contribution in [0.3, 0.4) is 0 Å². The van der Waals surface area contributed by atoms with Crippen LogP contribution in [0.5, 0.6) is 0 Å². The van der Waals surface area contributed by atoms with E-state index < -0.39 is 0 Å². The molecule has 1 aromatic heterocycles. The Hall–Kier alpha value is -0.640. The first-order chi connectivity index (χ1) is 4.52. The lowest BCUT2D eigenvalue weighted by Crippen LogP contribution is -2.11. The molecule has 0 fully saturated rings. The molecule has 0 saturated carbocycles. The molecule has 0 aliphatic heterocycles. The Bertz CT molecular complexity index is 223. The van der Waals surface area contributed by atoms with Gasteiger partial charge in [0.15, 0.2) is 5.82 Å². The predicted octanol–water partition coefficient (Wildman–Crippen LogP) is 1.42. The number of aromatic nitrogens is 2. The summed E-state index contributed by atoms with van der Waals surface area (Å²) in [6.07, 6.45) is 0. The van der Waals surface area contributed by atoms with E-state index in [-0.39, 0.29) is 5.41 Å². The fourth-order valence-electron chi connectivity index (χ4n) is 0.719. The number of anilines is 1. The Labute approximate surface area is 64.4 Å². The molecule has 1 rings (SSSR count). The standard InChI is InChI=1S/C6H11N3S/c1-6(2,3)4-5(7)8-9-10-4/h7H2,1-3H3. The van der Waals surface area contributed by atoms with Crippen LogP contribution >= 0.6 is 11.5 Å². The molecule has 0 atom stereocenters. The zero-order valence-electron chi connectivity index (χ0n) is 6.38. The Balaban J connectivity index is 3.05. The molecule has 56 valence electrons. The molecule has 0 unspecified atom stereocenters. The maximum atomic E-state index is 5.56. The third-order valence-corrected chi connectivity index (χ3v) is 2.36. The van der Waals surface area contributed by atoms with Crippen LogP contribution in [0.25, 0.3) is 0 Å². The monoisotopic (exact) mass is 157 g/mol. The van der Waals surface area contributed by atoms with E-state index in [1.54, 1.807) is 0 Å². The summed E-state index contributed by atoms with van der Waals surface area (Å²) in [4.78, 5) is 1.06. The van der Waals surface area contributed by atoms with Gasteiger partial charge < -0.3 is 5.73 Å². The summed E-state index contributed by atoms with van der Waals surface area (Å²) in [5.41, 5.74) is 5.65. The lowest BCUT2D eigenvalue weighted by Gasteiger charge is -2.14. The van der Waals surface area contributed by atoms with Crippen LogP contribution in [0, 0.1) is 0 Å². The fraction of sp³-hybridized carbons (Fsp3) is 0.667. The van der Waals surface area contributed by atoms with Crippen LogP contribution in [-0.4, -0.2) is 9.59 Å². The third-order valence-electron chi connectivity index (χ3n) is 1.19. The largest absolute Gasteiger partial charge is 0.381 e. The van der Waals surface area contributed by atoms with Crippen molar-refractivity contribution in [2.24, 2.45) is 0 Å². The van der Waals surface area contributed by atoms with Crippen LogP contribution in [0.1, 0.15) is 25.6 Å². The van der Waals surface area contributed by atoms with Gasteiger partial charge >= 0.3 is 0 Å². The van der Waals surface area contributed by atoms with Gasteiger partial charge in [0.05, 0.1) is 4.88 Å². The molecule has 0 spiro atoms. The average molecular weight is 157 g/mol. The molecule has 1 heterocycles. The first-order valence-corrected chi connectivity index (χ1v) is 3.87. The molecule has 0 aliphatic carbocycles. The van der Waals surface area contributed by atoms with Crippen molar-refractivity contribution in [3.8, 4) is 0 Å². The van der Waals surface area contributed by atoms with Crippen molar-refractivity contribution in [3.05, 3.63) is 4.88 Å². The highest BCUT2D eigenvalue weighted by Gasteiger charge is 2.19. The van der Waals surface area contributed by atoms with E-state index in [0.717, 1.165) is 4.88 Å². The fourth-order valence-corrected chi connectivity index (χ4v) is 1.34. The zero-order valence-corrected chi connectivity index (χ0v) is 7.20. The summed E-state index contributed by atoms with van der Waals surface area (Å²) in [7, 11) is 0. The average Bonchev–Trinajstić information content (AvgIpc) is 2.11. The summed E-state index contributed by atoms with van der Waals surface area (Å²) in [6, 6.07) is 0.